The van der Waals surface area contributed by atoms with Gasteiger partial charge in [0.15, 0.2) is 0 Å². The first-order valence-corrected chi connectivity index (χ1v) is 5.79. The van der Waals surface area contributed by atoms with Crippen LogP contribution in [0.5, 0.6) is 0 Å². The molecule has 2 rings (SSSR count). The van der Waals surface area contributed by atoms with Crippen LogP contribution in [-0.2, 0) is 0 Å². The largest absolute Gasteiger partial charge is 0.393 e. The molecule has 2 N–H and O–H groups in total. The van der Waals surface area contributed by atoms with Gasteiger partial charge in [-0.05, 0) is 47.0 Å². The molecule has 0 heterocycles. The molecular weight excluding hydrogens is 277 g/mol. The number of carbonyl (C=O) groups is 1. The maximum Gasteiger partial charge on any atom is 0.251 e. The zero-order valence-corrected chi connectivity index (χ0v) is 10.00. The summed E-state index contributed by atoms with van der Waals surface area (Å²) >= 11 is 3.02. The van der Waals surface area contributed by atoms with Crippen LogP contribution in [0.25, 0.3) is 0 Å². The Balaban J connectivity index is 2.01. The van der Waals surface area contributed by atoms with Gasteiger partial charge in [-0.15, -0.1) is 0 Å². The Morgan fingerprint density at radius 3 is 2.75 bits per heavy atom. The van der Waals surface area contributed by atoms with Gasteiger partial charge >= 0.3 is 0 Å². The van der Waals surface area contributed by atoms with E-state index in [2.05, 4.69) is 21.2 Å². The SMILES string of the molecule is O=C(NC1CC(O)C1)c1ccc(Br)c(F)c1. The van der Waals surface area contributed by atoms with Gasteiger partial charge in [-0.1, -0.05) is 0 Å². The molecule has 0 aliphatic heterocycles. The van der Waals surface area contributed by atoms with Crippen LogP contribution in [0.3, 0.4) is 0 Å². The van der Waals surface area contributed by atoms with Crippen LogP contribution in [0.2, 0.25) is 0 Å². The molecule has 1 aliphatic carbocycles. The van der Waals surface area contributed by atoms with Crippen LogP contribution in [-0.4, -0.2) is 23.2 Å². The molecule has 0 radical (unpaired) electrons. The molecule has 16 heavy (non-hydrogen) atoms. The third kappa shape index (κ3) is 2.41. The first-order chi connectivity index (χ1) is 7.56. The second-order valence-corrected chi connectivity index (χ2v) is 4.78. The Labute approximate surface area is 101 Å². The molecule has 1 amide bonds. The van der Waals surface area contributed by atoms with Gasteiger partial charge < -0.3 is 10.4 Å². The van der Waals surface area contributed by atoms with Crippen LogP contribution in [0.4, 0.5) is 4.39 Å². The average Bonchev–Trinajstić information content (AvgIpc) is 2.19. The second kappa shape index (κ2) is 4.51. The predicted octanol–water partition coefficient (Wildman–Crippen LogP) is 1.84. The van der Waals surface area contributed by atoms with E-state index in [1.54, 1.807) is 6.07 Å². The maximum absolute atomic E-state index is 13.2. The zero-order chi connectivity index (χ0) is 11.7. The molecule has 3 nitrogen and oxygen atoms in total. The Morgan fingerprint density at radius 1 is 1.50 bits per heavy atom. The summed E-state index contributed by atoms with van der Waals surface area (Å²) in [5, 5.41) is 11.8. The van der Waals surface area contributed by atoms with Gasteiger partial charge in [0.25, 0.3) is 5.91 Å². The average molecular weight is 288 g/mol. The van der Waals surface area contributed by atoms with Crippen molar-refractivity contribution in [1.29, 1.82) is 0 Å². The molecule has 0 spiro atoms. The van der Waals surface area contributed by atoms with E-state index in [0.29, 0.717) is 22.9 Å². The monoisotopic (exact) mass is 287 g/mol. The number of halogens is 2. The number of nitrogens with one attached hydrogen (secondary N) is 1. The number of hydrogen-bond donors (Lipinski definition) is 2. The molecule has 5 heteroatoms. The Morgan fingerprint density at radius 2 is 2.19 bits per heavy atom. The molecular formula is C11H11BrFNO2. The highest BCUT2D eigenvalue weighted by molar-refractivity contribution is 9.10. The lowest BCUT2D eigenvalue weighted by Gasteiger charge is -2.31. The lowest BCUT2D eigenvalue weighted by Crippen LogP contribution is -2.46. The molecule has 0 saturated heterocycles. The fourth-order valence-electron chi connectivity index (χ4n) is 1.61. The van der Waals surface area contributed by atoms with Crippen LogP contribution in [0.1, 0.15) is 23.2 Å². The summed E-state index contributed by atoms with van der Waals surface area (Å²) in [7, 11) is 0. The molecule has 1 aliphatic rings. The Hall–Kier alpha value is -0.940. The van der Waals surface area contributed by atoms with E-state index in [0.717, 1.165) is 0 Å². The fourth-order valence-corrected chi connectivity index (χ4v) is 1.86. The minimum absolute atomic E-state index is 0.00853. The normalized spacial score (nSPS) is 23.7. The van der Waals surface area contributed by atoms with Crippen molar-refractivity contribution in [3.63, 3.8) is 0 Å². The molecule has 0 bridgehead atoms. The number of aliphatic hydroxyl groups excluding tert-OH is 1. The van der Waals surface area contributed by atoms with E-state index in [1.807, 2.05) is 0 Å². The van der Waals surface area contributed by atoms with Gasteiger partial charge in [-0.2, -0.15) is 0 Å². The maximum atomic E-state index is 13.2. The first kappa shape index (κ1) is 11.5. The van der Waals surface area contributed by atoms with Crippen molar-refractivity contribution in [2.24, 2.45) is 0 Å². The fraction of sp³-hybridized carbons (Fsp3) is 0.364. The zero-order valence-electron chi connectivity index (χ0n) is 8.41. The van der Waals surface area contributed by atoms with E-state index in [-0.39, 0.29) is 18.1 Å². The topological polar surface area (TPSA) is 49.3 Å². The predicted molar refractivity (Wildman–Crippen MR) is 60.6 cm³/mol. The number of carbonyl (C=O) groups excluding carboxylic acids is 1. The highest BCUT2D eigenvalue weighted by Crippen LogP contribution is 2.21. The van der Waals surface area contributed by atoms with Crippen LogP contribution < -0.4 is 5.32 Å². The summed E-state index contributed by atoms with van der Waals surface area (Å²) in [6.07, 6.45) is 0.835. The van der Waals surface area contributed by atoms with E-state index in [1.165, 1.54) is 12.1 Å². The van der Waals surface area contributed by atoms with Crippen LogP contribution >= 0.6 is 15.9 Å². The molecule has 1 aromatic rings. The quantitative estimate of drug-likeness (QED) is 0.872. The summed E-state index contributed by atoms with van der Waals surface area (Å²) in [5.41, 5.74) is 0.294. The molecule has 0 unspecified atom stereocenters. The number of aliphatic hydroxyl groups is 1. The summed E-state index contributed by atoms with van der Waals surface area (Å²) in [6, 6.07) is 4.25. The van der Waals surface area contributed by atoms with Crippen LogP contribution in [0.15, 0.2) is 22.7 Å². The van der Waals surface area contributed by atoms with Crippen LogP contribution in [0, 0.1) is 5.82 Å². The summed E-state index contributed by atoms with van der Waals surface area (Å²) in [6.45, 7) is 0. The van der Waals surface area contributed by atoms with Crippen molar-refractivity contribution in [3.05, 3.63) is 34.1 Å². The third-order valence-corrected chi connectivity index (χ3v) is 3.27. The molecule has 0 atom stereocenters. The van der Waals surface area contributed by atoms with E-state index < -0.39 is 5.82 Å². The lowest BCUT2D eigenvalue weighted by molar-refractivity contribution is 0.0562. The van der Waals surface area contributed by atoms with Gasteiger partial charge in [0.2, 0.25) is 0 Å². The summed E-state index contributed by atoms with van der Waals surface area (Å²) in [5.74, 6) is -0.760. The molecule has 1 saturated carbocycles. The summed E-state index contributed by atoms with van der Waals surface area (Å²) in [4.78, 5) is 11.6. The highest BCUT2D eigenvalue weighted by Gasteiger charge is 2.28. The first-order valence-electron chi connectivity index (χ1n) is 5.00. The molecule has 1 aromatic carbocycles. The van der Waals surface area contributed by atoms with Gasteiger partial charge in [-0.3, -0.25) is 4.79 Å². The van der Waals surface area contributed by atoms with Crippen molar-refractivity contribution in [2.45, 2.75) is 25.0 Å². The number of benzene rings is 1. The van der Waals surface area contributed by atoms with Crippen molar-refractivity contribution in [3.8, 4) is 0 Å². The standard InChI is InChI=1S/C11H11BrFNO2/c12-9-2-1-6(3-10(9)13)11(16)14-7-4-8(15)5-7/h1-3,7-8,15H,4-5H2,(H,14,16). The van der Waals surface area contributed by atoms with Gasteiger partial charge in [0.05, 0.1) is 10.6 Å². The third-order valence-electron chi connectivity index (χ3n) is 2.63. The smallest absolute Gasteiger partial charge is 0.251 e. The van der Waals surface area contributed by atoms with Gasteiger partial charge in [0, 0.05) is 11.6 Å². The molecule has 86 valence electrons. The second-order valence-electron chi connectivity index (χ2n) is 3.92. The minimum Gasteiger partial charge on any atom is -0.393 e. The minimum atomic E-state index is -0.457. The molecule has 1 fully saturated rings. The Kier molecular flexibility index (Phi) is 3.25. The van der Waals surface area contributed by atoms with Gasteiger partial charge in [0.1, 0.15) is 5.82 Å². The van der Waals surface area contributed by atoms with Crippen molar-refractivity contribution in [2.75, 3.05) is 0 Å². The summed E-state index contributed by atoms with van der Waals surface area (Å²) < 4.78 is 13.5. The van der Waals surface area contributed by atoms with E-state index in [9.17, 15) is 9.18 Å². The van der Waals surface area contributed by atoms with E-state index >= 15 is 0 Å². The van der Waals surface area contributed by atoms with Gasteiger partial charge in [-0.25, -0.2) is 4.39 Å². The highest BCUT2D eigenvalue weighted by atomic mass is 79.9. The van der Waals surface area contributed by atoms with Crippen molar-refractivity contribution < 1.29 is 14.3 Å². The van der Waals surface area contributed by atoms with Crippen molar-refractivity contribution in [1.82, 2.24) is 5.32 Å². The van der Waals surface area contributed by atoms with Crippen molar-refractivity contribution >= 4 is 21.8 Å². The number of amides is 1. The lowest BCUT2D eigenvalue weighted by atomic mass is 9.89. The number of rotatable bonds is 2. The molecule has 0 aromatic heterocycles. The Bertz CT molecular complexity index is 418. The number of hydrogen-bond acceptors (Lipinski definition) is 2. The van der Waals surface area contributed by atoms with E-state index in [4.69, 9.17) is 5.11 Å².